The van der Waals surface area contributed by atoms with E-state index in [0.29, 0.717) is 13.0 Å². The molecule has 0 N–H and O–H groups in total. The minimum atomic E-state index is -2.27. The van der Waals surface area contributed by atoms with E-state index in [-0.39, 0.29) is 52.7 Å². The average Bonchev–Trinajstić information content (AvgIpc) is 3.55. The van der Waals surface area contributed by atoms with Gasteiger partial charge in [-0.2, -0.15) is 5.10 Å². The Bertz CT molecular complexity index is 1600. The predicted octanol–water partition coefficient (Wildman–Crippen LogP) is 12.5. The summed E-state index contributed by atoms with van der Waals surface area (Å²) < 4.78 is 30.0. The summed E-state index contributed by atoms with van der Waals surface area (Å²) in [6.45, 7) is 39.4. The molecule has 0 aromatic carbocycles. The van der Waals surface area contributed by atoms with E-state index in [9.17, 15) is 4.79 Å². The normalized spacial score (nSPS) is 29.0. The van der Waals surface area contributed by atoms with Crippen LogP contribution in [0.4, 0.5) is 0 Å². The van der Waals surface area contributed by atoms with Crippen LogP contribution < -0.4 is 0 Å². The molecule has 3 rings (SSSR count). The van der Waals surface area contributed by atoms with Crippen molar-refractivity contribution in [2.75, 3.05) is 19.4 Å². The summed E-state index contributed by atoms with van der Waals surface area (Å²) in [7, 11) is -4.32. The number of hydrogen-bond acceptors (Lipinski definition) is 9. The Morgan fingerprint density at radius 2 is 1.52 bits per heavy atom. The number of hydrogen-bond donors (Lipinski definition) is 0. The first kappa shape index (κ1) is 54.3. The maximum Gasteiger partial charge on any atom is 0.309 e. The fourth-order valence-corrected chi connectivity index (χ4v) is 17.4. The maximum absolute atomic E-state index is 15.2. The van der Waals surface area contributed by atoms with E-state index in [4.69, 9.17) is 23.1 Å². The summed E-state index contributed by atoms with van der Waals surface area (Å²) >= 11 is 1.66. The molecule has 0 bridgehead atoms. The number of thioether (sulfide) groups is 1. The maximum atomic E-state index is 15.2. The van der Waals surface area contributed by atoms with Crippen LogP contribution in [-0.2, 0) is 34.7 Å². The second kappa shape index (κ2) is 21.9. The number of esters is 1. The van der Waals surface area contributed by atoms with Crippen LogP contribution in [0.1, 0.15) is 142 Å². The second-order valence-corrected chi connectivity index (χ2v) is 36.2. The van der Waals surface area contributed by atoms with Gasteiger partial charge in [-0.05, 0) is 111 Å². The predicted molar refractivity (Wildman–Crippen MR) is 265 cm³/mol. The molecule has 3 heterocycles. The first-order chi connectivity index (χ1) is 28.3. The molecule has 1 aromatic rings. The van der Waals surface area contributed by atoms with Crippen LogP contribution in [0.2, 0.25) is 54.4 Å². The first-order valence-electron chi connectivity index (χ1n) is 24.1. The van der Waals surface area contributed by atoms with Gasteiger partial charge in [0.05, 0.1) is 29.3 Å². The number of aromatic nitrogens is 2. The number of nitrogens with zero attached hydrogens (tertiary/aromatic N) is 3. The summed E-state index contributed by atoms with van der Waals surface area (Å²) in [4.78, 5) is 32.5. The number of cyclic esters (lactones) is 1. The van der Waals surface area contributed by atoms with E-state index < -0.39 is 42.6 Å². The van der Waals surface area contributed by atoms with Gasteiger partial charge in [-0.15, -0.1) is 11.8 Å². The van der Waals surface area contributed by atoms with Crippen LogP contribution in [0.3, 0.4) is 0 Å². The standard InChI is InChI=1S/C48H91N3O6SSi3/c1-20-60(21-2,22-3)56-41-34-43(52)55-39(36(8)31-38-32-42(58-17)50(16)49-38)33-40-48(15,51(40)29-30-54-59(18,19)46(10,11)12)28-26-27-35(7)44(37(9)45(53)47(41,13)14)57-61(23-4,24-5)25-6/h31-32,35,37,39-41,44H,20-30,33-34H2,1-19H3/b36-31+/t35-,37+,39-,40-,41-,44?,48+,51?/m0/s1. The minimum Gasteiger partial charge on any atom is -0.458 e. The molecule has 0 aliphatic carbocycles. The minimum absolute atomic E-state index is 0.0227. The highest BCUT2D eigenvalue weighted by atomic mass is 32.2. The van der Waals surface area contributed by atoms with Crippen LogP contribution in [0.25, 0.3) is 6.08 Å². The van der Waals surface area contributed by atoms with E-state index in [1.54, 1.807) is 11.8 Å². The van der Waals surface area contributed by atoms with Crippen LogP contribution in [0.15, 0.2) is 16.7 Å². The highest BCUT2D eigenvalue weighted by molar-refractivity contribution is 7.98. The number of carbonyl (C=O) groups is 2. The number of ketones is 1. The Kier molecular flexibility index (Phi) is 19.5. The highest BCUT2D eigenvalue weighted by Gasteiger charge is 2.59. The van der Waals surface area contributed by atoms with Crippen molar-refractivity contribution in [2.45, 2.75) is 225 Å². The SMILES string of the molecule is CC[Si](CC)(CC)OC1[C@@H](C)CCC[C@]2(C)[C@H](C[C@@H](/C(C)=C/c3cc(SC)n(C)n3)OC(=O)C[C@H](O[Si](CC)(CC)CC)C(C)(C)C(=O)[C@@H]1C)N2CCO[Si](C)(C)C(C)(C)C. The molecule has 0 spiro atoms. The molecule has 2 saturated heterocycles. The van der Waals surface area contributed by atoms with Gasteiger partial charge in [-0.25, -0.2) is 0 Å². The van der Waals surface area contributed by atoms with Crippen LogP contribution >= 0.6 is 11.8 Å². The lowest BCUT2D eigenvalue weighted by Crippen LogP contribution is -2.53. The van der Waals surface area contributed by atoms with Crippen molar-refractivity contribution in [3.8, 4) is 0 Å². The zero-order chi connectivity index (χ0) is 46.4. The molecular weight excluding hydrogens is 831 g/mol. The highest BCUT2D eigenvalue weighted by Crippen LogP contribution is 2.49. The fourth-order valence-electron chi connectivity index (χ4n) is 9.83. The van der Waals surface area contributed by atoms with Crippen molar-refractivity contribution in [2.24, 2.45) is 24.3 Å². The number of fused-ring (bicyclic) bond motifs is 1. The van der Waals surface area contributed by atoms with Crippen LogP contribution in [-0.4, -0.2) is 101 Å². The summed E-state index contributed by atoms with van der Waals surface area (Å²) in [6, 6.07) is 8.16. The van der Waals surface area contributed by atoms with Gasteiger partial charge in [0, 0.05) is 49.5 Å². The molecule has 13 heteroatoms. The Labute approximate surface area is 381 Å². The van der Waals surface area contributed by atoms with Gasteiger partial charge in [-0.1, -0.05) is 96.4 Å². The topological polar surface area (TPSA) is 91.9 Å². The number of Topliss-reactive ketones (excluding diaryl/α,β-unsaturated/α-hetero) is 1. The molecule has 0 amide bonds. The van der Waals surface area contributed by atoms with Crippen molar-refractivity contribution >= 4 is 54.5 Å². The lowest BCUT2D eigenvalue weighted by molar-refractivity contribution is -0.153. The molecule has 2 unspecified atom stereocenters. The quantitative estimate of drug-likeness (QED) is 0.0655. The van der Waals surface area contributed by atoms with Gasteiger partial charge in [0.2, 0.25) is 0 Å². The third-order valence-corrected chi connectivity index (χ3v) is 30.8. The Morgan fingerprint density at radius 1 is 0.967 bits per heavy atom. The average molecular weight is 923 g/mol. The zero-order valence-corrected chi connectivity index (χ0v) is 46.3. The van der Waals surface area contributed by atoms with Gasteiger partial charge < -0.3 is 18.0 Å². The molecule has 0 radical (unpaired) electrons. The molecule has 352 valence electrons. The van der Waals surface area contributed by atoms with Crippen molar-refractivity contribution in [3.05, 3.63) is 17.3 Å². The Morgan fingerprint density at radius 3 is 2.03 bits per heavy atom. The van der Waals surface area contributed by atoms with Gasteiger partial charge in [0.15, 0.2) is 25.0 Å². The van der Waals surface area contributed by atoms with Crippen molar-refractivity contribution in [1.82, 2.24) is 14.7 Å². The number of rotatable bonds is 17. The van der Waals surface area contributed by atoms with Gasteiger partial charge in [0.25, 0.3) is 0 Å². The number of aryl methyl sites for hydroxylation is 1. The van der Waals surface area contributed by atoms with E-state index in [2.05, 4.69) is 126 Å². The van der Waals surface area contributed by atoms with Gasteiger partial charge in [0.1, 0.15) is 11.9 Å². The summed E-state index contributed by atoms with van der Waals surface area (Å²) in [6.07, 6.45) is 6.57. The number of carbonyl (C=O) groups excluding carboxylic acids is 2. The largest absolute Gasteiger partial charge is 0.458 e. The lowest BCUT2D eigenvalue weighted by atomic mass is 9.73. The summed E-state index contributed by atoms with van der Waals surface area (Å²) in [5.74, 6) is -0.349. The van der Waals surface area contributed by atoms with Gasteiger partial charge >= 0.3 is 5.97 Å². The third-order valence-electron chi connectivity index (χ3n) is 16.2. The monoisotopic (exact) mass is 922 g/mol. The van der Waals surface area contributed by atoms with Crippen LogP contribution in [0, 0.1) is 17.3 Å². The van der Waals surface area contributed by atoms with Crippen molar-refractivity contribution in [3.63, 3.8) is 0 Å². The zero-order valence-electron chi connectivity index (χ0n) is 42.5. The number of ether oxygens (including phenoxy) is 1. The van der Waals surface area contributed by atoms with Gasteiger partial charge in [-0.3, -0.25) is 19.2 Å². The first-order valence-corrected chi connectivity index (χ1v) is 33.3. The summed E-state index contributed by atoms with van der Waals surface area (Å²) in [5, 5.41) is 5.99. The second-order valence-electron chi connectivity index (χ2n) is 21.1. The smallest absolute Gasteiger partial charge is 0.309 e. The van der Waals surface area contributed by atoms with Crippen LogP contribution in [0.5, 0.6) is 0 Å². The molecule has 9 nitrogen and oxygen atoms in total. The summed E-state index contributed by atoms with van der Waals surface area (Å²) in [5.41, 5.74) is 0.799. The van der Waals surface area contributed by atoms with E-state index >= 15 is 4.79 Å². The molecule has 2 aliphatic heterocycles. The molecule has 61 heavy (non-hydrogen) atoms. The molecule has 1 aromatic heterocycles. The molecule has 2 fully saturated rings. The third kappa shape index (κ3) is 12.8. The molecule has 2 aliphatic rings. The van der Waals surface area contributed by atoms with Crippen molar-refractivity contribution < 1.29 is 27.6 Å². The lowest BCUT2D eigenvalue weighted by Gasteiger charge is -2.44. The van der Waals surface area contributed by atoms with E-state index in [1.165, 1.54) is 0 Å². The molecular formula is C48H91N3O6SSi3. The molecule has 8 atom stereocenters. The Balaban J connectivity index is 2.19. The van der Waals surface area contributed by atoms with Crippen molar-refractivity contribution in [1.29, 1.82) is 0 Å². The Hall–Kier alpha value is -1.07. The molecule has 0 saturated carbocycles. The fraction of sp³-hybridized carbons (Fsp3) is 0.854. The van der Waals surface area contributed by atoms with E-state index in [0.717, 1.165) is 78.4 Å². The van der Waals surface area contributed by atoms with E-state index in [1.807, 2.05) is 25.6 Å².